The zero-order valence-electron chi connectivity index (χ0n) is 17.6. The van der Waals surface area contributed by atoms with Crippen LogP contribution in [0.4, 0.5) is 0 Å². The summed E-state index contributed by atoms with van der Waals surface area (Å²) in [6.07, 6.45) is 0.769. The number of ether oxygens (including phenoxy) is 1. The van der Waals surface area contributed by atoms with Crippen LogP contribution >= 0.6 is 11.8 Å². The van der Waals surface area contributed by atoms with Gasteiger partial charge in [-0.2, -0.15) is 4.72 Å². The number of carbonyl (C=O) groups is 2. The number of nitrogens with one attached hydrogen (secondary N) is 2. The lowest BCUT2D eigenvalue weighted by Gasteiger charge is -2.20. The van der Waals surface area contributed by atoms with Gasteiger partial charge in [0.1, 0.15) is 6.04 Å². The van der Waals surface area contributed by atoms with Gasteiger partial charge in [-0.15, -0.1) is 11.8 Å². The highest BCUT2D eigenvalue weighted by Crippen LogP contribution is 2.17. The predicted octanol–water partition coefficient (Wildman–Crippen LogP) is 2.83. The molecule has 0 spiro atoms. The van der Waals surface area contributed by atoms with Gasteiger partial charge in [-0.3, -0.25) is 9.59 Å². The predicted molar refractivity (Wildman–Crippen MR) is 121 cm³/mol. The van der Waals surface area contributed by atoms with E-state index in [-0.39, 0.29) is 10.8 Å². The van der Waals surface area contributed by atoms with Gasteiger partial charge in [0.25, 0.3) is 5.91 Å². The van der Waals surface area contributed by atoms with Crippen molar-refractivity contribution in [2.45, 2.75) is 36.1 Å². The molecule has 7 nitrogen and oxygen atoms in total. The number of esters is 1. The molecule has 1 amide bonds. The Morgan fingerprint density at radius 1 is 1.00 bits per heavy atom. The van der Waals surface area contributed by atoms with Gasteiger partial charge >= 0.3 is 5.97 Å². The highest BCUT2D eigenvalue weighted by molar-refractivity contribution is 7.99. The molecule has 0 heterocycles. The van der Waals surface area contributed by atoms with E-state index < -0.39 is 34.5 Å². The smallest absolute Gasteiger partial charge is 0.324 e. The summed E-state index contributed by atoms with van der Waals surface area (Å²) in [5.74, 6) is -0.722. The topological polar surface area (TPSA) is 102 Å². The third-order valence-electron chi connectivity index (χ3n) is 4.26. The Morgan fingerprint density at radius 2 is 1.61 bits per heavy atom. The molecule has 9 heteroatoms. The van der Waals surface area contributed by atoms with Crippen LogP contribution < -0.4 is 10.0 Å². The molecule has 1 atom stereocenters. The van der Waals surface area contributed by atoms with E-state index in [2.05, 4.69) is 10.0 Å². The van der Waals surface area contributed by atoms with Crippen molar-refractivity contribution < 1.29 is 22.7 Å². The lowest BCUT2D eigenvalue weighted by atomic mass is 10.1. The Kier molecular flexibility index (Phi) is 10.0. The molecule has 0 bridgehead atoms. The lowest BCUT2D eigenvalue weighted by molar-refractivity contribution is -0.151. The zero-order chi connectivity index (χ0) is 22.7. The fourth-order valence-corrected chi connectivity index (χ4v) is 4.80. The summed E-state index contributed by atoms with van der Waals surface area (Å²) in [6.45, 7) is 3.40. The van der Waals surface area contributed by atoms with Crippen LogP contribution in [0, 0.1) is 5.92 Å². The maximum Gasteiger partial charge on any atom is 0.324 e. The molecule has 2 N–H and O–H groups in total. The van der Waals surface area contributed by atoms with Crippen LogP contribution in [0.25, 0.3) is 0 Å². The van der Waals surface area contributed by atoms with E-state index in [9.17, 15) is 18.0 Å². The Labute approximate surface area is 188 Å². The van der Waals surface area contributed by atoms with Crippen molar-refractivity contribution in [2.75, 3.05) is 18.9 Å². The molecule has 2 aromatic carbocycles. The summed E-state index contributed by atoms with van der Waals surface area (Å²) in [5.41, 5.74) is 0. The number of rotatable bonds is 12. The summed E-state index contributed by atoms with van der Waals surface area (Å²) >= 11 is 1.70. The number of thioether (sulfide) groups is 1. The lowest BCUT2D eigenvalue weighted by Crippen LogP contribution is -2.46. The van der Waals surface area contributed by atoms with Gasteiger partial charge in [0.05, 0.1) is 4.90 Å². The van der Waals surface area contributed by atoms with Crippen LogP contribution in [-0.2, 0) is 24.3 Å². The summed E-state index contributed by atoms with van der Waals surface area (Å²) in [5, 5.41) is 2.70. The SMILES string of the molecule is CC(C)[C@H](NS(=O)(=O)c1ccccc1)C(=O)OCC(=O)NCCCSc1ccccc1. The molecule has 2 aromatic rings. The van der Waals surface area contributed by atoms with Crippen LogP contribution in [0.3, 0.4) is 0 Å². The van der Waals surface area contributed by atoms with Crippen molar-refractivity contribution in [3.8, 4) is 0 Å². The van der Waals surface area contributed by atoms with Crippen molar-refractivity contribution >= 4 is 33.7 Å². The van der Waals surface area contributed by atoms with Gasteiger partial charge < -0.3 is 10.1 Å². The molecule has 0 unspecified atom stereocenters. The number of carbonyl (C=O) groups excluding carboxylic acids is 2. The summed E-state index contributed by atoms with van der Waals surface area (Å²) < 4.78 is 32.4. The number of hydrogen-bond donors (Lipinski definition) is 2. The first kappa shape index (κ1) is 24.9. The molecular weight excluding hydrogens is 436 g/mol. The maximum absolute atomic E-state index is 12.5. The molecule has 31 heavy (non-hydrogen) atoms. The zero-order valence-corrected chi connectivity index (χ0v) is 19.2. The third kappa shape index (κ3) is 8.72. The first-order valence-electron chi connectivity index (χ1n) is 9.98. The molecule has 0 aromatic heterocycles. The second-order valence-corrected chi connectivity index (χ2v) is 10.0. The van der Waals surface area contributed by atoms with Crippen molar-refractivity contribution in [1.29, 1.82) is 0 Å². The minimum absolute atomic E-state index is 0.0552. The molecule has 0 fully saturated rings. The fraction of sp³-hybridized carbons (Fsp3) is 0.364. The molecule has 2 rings (SSSR count). The highest BCUT2D eigenvalue weighted by atomic mass is 32.2. The minimum Gasteiger partial charge on any atom is -0.454 e. The van der Waals surface area contributed by atoms with Crippen molar-refractivity contribution in [3.05, 3.63) is 60.7 Å². The fourth-order valence-electron chi connectivity index (χ4n) is 2.58. The van der Waals surface area contributed by atoms with Crippen LogP contribution in [0.1, 0.15) is 20.3 Å². The van der Waals surface area contributed by atoms with Gasteiger partial charge in [-0.05, 0) is 42.4 Å². The van der Waals surface area contributed by atoms with E-state index in [0.717, 1.165) is 12.2 Å². The molecule has 0 saturated heterocycles. The normalized spacial score (nSPS) is 12.4. The minimum atomic E-state index is -3.89. The largest absolute Gasteiger partial charge is 0.454 e. The van der Waals surface area contributed by atoms with E-state index in [0.29, 0.717) is 6.54 Å². The van der Waals surface area contributed by atoms with E-state index in [4.69, 9.17) is 4.74 Å². The first-order chi connectivity index (χ1) is 14.8. The average Bonchev–Trinajstić information content (AvgIpc) is 2.77. The highest BCUT2D eigenvalue weighted by Gasteiger charge is 2.30. The Hall–Kier alpha value is -2.36. The molecule has 0 saturated carbocycles. The van der Waals surface area contributed by atoms with E-state index in [1.807, 2.05) is 30.3 Å². The van der Waals surface area contributed by atoms with Gasteiger partial charge in [0, 0.05) is 11.4 Å². The van der Waals surface area contributed by atoms with Crippen LogP contribution in [0.5, 0.6) is 0 Å². The van der Waals surface area contributed by atoms with E-state index in [1.165, 1.54) is 17.0 Å². The van der Waals surface area contributed by atoms with Crippen molar-refractivity contribution in [2.24, 2.45) is 5.92 Å². The number of amides is 1. The van der Waals surface area contributed by atoms with Gasteiger partial charge in [-0.25, -0.2) is 8.42 Å². The molecule has 0 radical (unpaired) electrons. The number of hydrogen-bond acceptors (Lipinski definition) is 6. The quantitative estimate of drug-likeness (QED) is 0.285. The molecule has 0 aliphatic heterocycles. The Bertz CT molecular complexity index is 935. The van der Waals surface area contributed by atoms with Crippen molar-refractivity contribution in [1.82, 2.24) is 10.0 Å². The molecular formula is C22H28N2O5S2. The molecule has 0 aliphatic rings. The summed E-state index contributed by atoms with van der Waals surface area (Å²) in [6, 6.07) is 16.6. The average molecular weight is 465 g/mol. The van der Waals surface area contributed by atoms with Crippen LogP contribution in [-0.4, -0.2) is 45.2 Å². The molecule has 0 aliphatic carbocycles. The molecule has 168 valence electrons. The first-order valence-corrected chi connectivity index (χ1v) is 12.4. The third-order valence-corrected chi connectivity index (χ3v) is 6.81. The van der Waals surface area contributed by atoms with Gasteiger partial charge in [0.15, 0.2) is 6.61 Å². The standard InChI is InChI=1S/C22H28N2O5S2/c1-17(2)21(24-31(27,28)19-12-7-4-8-13-19)22(26)29-16-20(25)23-14-9-15-30-18-10-5-3-6-11-18/h3-8,10-13,17,21,24H,9,14-16H2,1-2H3,(H,23,25)/t21-/m0/s1. The summed E-state index contributed by atoms with van der Waals surface area (Å²) in [4.78, 5) is 25.6. The van der Waals surface area contributed by atoms with E-state index >= 15 is 0 Å². The maximum atomic E-state index is 12.5. The number of benzene rings is 2. The second kappa shape index (κ2) is 12.5. The van der Waals surface area contributed by atoms with Crippen LogP contribution in [0.2, 0.25) is 0 Å². The number of sulfonamides is 1. The van der Waals surface area contributed by atoms with Crippen LogP contribution in [0.15, 0.2) is 70.5 Å². The van der Waals surface area contributed by atoms with Gasteiger partial charge in [0.2, 0.25) is 10.0 Å². The Balaban J connectivity index is 1.74. The second-order valence-electron chi connectivity index (χ2n) is 7.13. The van der Waals surface area contributed by atoms with Crippen molar-refractivity contribution in [3.63, 3.8) is 0 Å². The summed E-state index contributed by atoms with van der Waals surface area (Å²) in [7, 11) is -3.89. The Morgan fingerprint density at radius 3 is 2.23 bits per heavy atom. The van der Waals surface area contributed by atoms with Gasteiger partial charge in [-0.1, -0.05) is 50.2 Å². The monoisotopic (exact) mass is 464 g/mol. The van der Waals surface area contributed by atoms with E-state index in [1.54, 1.807) is 43.8 Å².